The van der Waals surface area contributed by atoms with E-state index in [0.717, 1.165) is 11.3 Å². The van der Waals surface area contributed by atoms with Crippen LogP contribution >= 0.6 is 11.3 Å². The predicted octanol–water partition coefficient (Wildman–Crippen LogP) is 2.74. The number of carbonyl (C=O) groups excluding carboxylic acids is 3. The lowest BCUT2D eigenvalue weighted by Crippen LogP contribution is -2.37. The van der Waals surface area contributed by atoms with E-state index in [0.29, 0.717) is 16.0 Å². The Morgan fingerprint density at radius 2 is 1.86 bits per heavy atom. The highest BCUT2D eigenvalue weighted by Gasteiger charge is 2.25. The number of nitrogens with zero attached hydrogens (tertiary/aromatic N) is 2. The minimum Gasteiger partial charge on any atom is -0.464 e. The van der Waals surface area contributed by atoms with Gasteiger partial charge in [-0.1, -0.05) is 30.3 Å². The number of hydrogen-bond donors (Lipinski definition) is 2. The fraction of sp³-hybridized carbons (Fsp3) is 0.150. The summed E-state index contributed by atoms with van der Waals surface area (Å²) < 4.78 is 4.68. The summed E-state index contributed by atoms with van der Waals surface area (Å²) in [4.78, 5) is 45.9. The van der Waals surface area contributed by atoms with Crippen molar-refractivity contribution in [3.05, 3.63) is 76.6 Å². The molecule has 3 rings (SSSR count). The van der Waals surface area contributed by atoms with E-state index in [4.69, 9.17) is 0 Å². The van der Waals surface area contributed by atoms with Gasteiger partial charge in [-0.3, -0.25) is 19.9 Å². The van der Waals surface area contributed by atoms with Crippen LogP contribution in [0.3, 0.4) is 0 Å². The van der Waals surface area contributed by atoms with Gasteiger partial charge in [0.15, 0.2) is 10.8 Å². The molecule has 0 radical (unpaired) electrons. The van der Waals surface area contributed by atoms with Gasteiger partial charge < -0.3 is 10.1 Å². The molecule has 0 fully saturated rings. The summed E-state index contributed by atoms with van der Waals surface area (Å²) >= 11 is 1.15. The molecule has 2 N–H and O–H groups in total. The molecule has 0 bridgehead atoms. The summed E-state index contributed by atoms with van der Waals surface area (Å²) in [5, 5.41) is 5.63. The Kier molecular flexibility index (Phi) is 6.30. The van der Waals surface area contributed by atoms with Gasteiger partial charge in [-0.05, 0) is 24.6 Å². The van der Waals surface area contributed by atoms with E-state index < -0.39 is 23.8 Å². The largest absolute Gasteiger partial charge is 0.464 e. The van der Waals surface area contributed by atoms with Crippen LogP contribution < -0.4 is 10.6 Å². The molecule has 0 aliphatic heterocycles. The summed E-state index contributed by atoms with van der Waals surface area (Å²) in [6.07, 6.45) is 2.98. The molecule has 0 unspecified atom stereocenters. The molecule has 3 aromatic rings. The zero-order valence-corrected chi connectivity index (χ0v) is 16.5. The topological polar surface area (TPSA) is 110 Å². The number of anilines is 1. The summed E-state index contributed by atoms with van der Waals surface area (Å²) in [7, 11) is 1.26. The van der Waals surface area contributed by atoms with Crippen LogP contribution in [0.4, 0.5) is 5.13 Å². The smallest absolute Gasteiger partial charge is 0.357 e. The summed E-state index contributed by atoms with van der Waals surface area (Å²) in [5.74, 6) is -1.50. The molecule has 8 nitrogen and oxygen atoms in total. The third kappa shape index (κ3) is 4.82. The van der Waals surface area contributed by atoms with Gasteiger partial charge in [0.2, 0.25) is 0 Å². The van der Waals surface area contributed by atoms with E-state index in [1.165, 1.54) is 13.3 Å². The summed E-state index contributed by atoms with van der Waals surface area (Å²) in [6, 6.07) is 11.1. The Morgan fingerprint density at radius 1 is 1.10 bits per heavy atom. The van der Waals surface area contributed by atoms with Gasteiger partial charge >= 0.3 is 5.97 Å². The lowest BCUT2D eigenvalue weighted by atomic mass is 10.1. The lowest BCUT2D eigenvalue weighted by Gasteiger charge is -2.18. The van der Waals surface area contributed by atoms with Crippen LogP contribution in [0.1, 0.15) is 37.3 Å². The van der Waals surface area contributed by atoms with Crippen LogP contribution in [0, 0.1) is 6.92 Å². The Hall–Kier alpha value is -3.59. The van der Waals surface area contributed by atoms with Crippen LogP contribution in [0.5, 0.6) is 0 Å². The number of thiazole rings is 1. The first-order valence-corrected chi connectivity index (χ1v) is 9.43. The van der Waals surface area contributed by atoms with Crippen LogP contribution in [0.2, 0.25) is 0 Å². The average Bonchev–Trinajstić information content (AvgIpc) is 3.12. The molecule has 2 amide bonds. The van der Waals surface area contributed by atoms with E-state index in [1.807, 2.05) is 6.07 Å². The first kappa shape index (κ1) is 20.2. The van der Waals surface area contributed by atoms with Crippen molar-refractivity contribution in [2.45, 2.75) is 13.0 Å². The van der Waals surface area contributed by atoms with Crippen molar-refractivity contribution in [3.8, 4) is 0 Å². The quantitative estimate of drug-likeness (QED) is 0.605. The minimum atomic E-state index is -0.963. The van der Waals surface area contributed by atoms with Gasteiger partial charge in [0.05, 0.1) is 12.7 Å². The molecule has 0 aliphatic carbocycles. The predicted molar refractivity (Wildman–Crippen MR) is 108 cm³/mol. The van der Waals surface area contributed by atoms with Gasteiger partial charge in [0.1, 0.15) is 6.04 Å². The number of methoxy groups -OCH3 is 1. The third-order valence-corrected chi connectivity index (χ3v) is 4.89. The second-order valence-corrected chi connectivity index (χ2v) is 7.17. The molecule has 29 heavy (non-hydrogen) atoms. The Balaban J connectivity index is 1.83. The number of rotatable bonds is 6. The maximum atomic E-state index is 12.9. The number of carbonyl (C=O) groups is 3. The SMILES string of the molecule is COC(=O)c1nc(NC(=O)[C@@H](NC(=O)c2cccnc2)c2ccccc2)sc1C. The summed E-state index contributed by atoms with van der Waals surface area (Å²) in [5.41, 5.74) is 1.08. The zero-order valence-electron chi connectivity index (χ0n) is 15.7. The average molecular weight is 410 g/mol. The number of pyridine rings is 1. The maximum Gasteiger partial charge on any atom is 0.357 e. The molecule has 2 heterocycles. The number of aromatic nitrogens is 2. The normalized spacial score (nSPS) is 11.4. The fourth-order valence-electron chi connectivity index (χ4n) is 2.57. The van der Waals surface area contributed by atoms with E-state index in [2.05, 4.69) is 25.3 Å². The standard InChI is InChI=1S/C20H18N4O4S/c1-12-15(19(27)28-2)23-20(29-12)24-18(26)16(13-7-4-3-5-8-13)22-17(25)14-9-6-10-21-11-14/h3-11,16H,1-2H3,(H,22,25)(H,23,24,26)/t16-/m0/s1. The molecule has 0 saturated heterocycles. The summed E-state index contributed by atoms with van der Waals surface area (Å²) in [6.45, 7) is 1.71. The Bertz CT molecular complexity index is 1020. The third-order valence-electron chi connectivity index (χ3n) is 4.00. The number of esters is 1. The van der Waals surface area contributed by atoms with Crippen molar-refractivity contribution in [2.24, 2.45) is 0 Å². The van der Waals surface area contributed by atoms with Gasteiger partial charge in [-0.15, -0.1) is 11.3 Å². The Morgan fingerprint density at radius 3 is 2.52 bits per heavy atom. The van der Waals surface area contributed by atoms with E-state index in [1.54, 1.807) is 49.5 Å². The highest BCUT2D eigenvalue weighted by Crippen LogP contribution is 2.24. The number of benzene rings is 1. The van der Waals surface area contributed by atoms with E-state index in [9.17, 15) is 14.4 Å². The minimum absolute atomic E-state index is 0.142. The first-order valence-electron chi connectivity index (χ1n) is 8.62. The van der Waals surface area contributed by atoms with Crippen LogP contribution in [0.15, 0.2) is 54.9 Å². The lowest BCUT2D eigenvalue weighted by molar-refractivity contribution is -0.118. The molecule has 2 aromatic heterocycles. The second-order valence-electron chi connectivity index (χ2n) is 5.96. The zero-order chi connectivity index (χ0) is 20.8. The van der Waals surface area contributed by atoms with Crippen molar-refractivity contribution in [1.29, 1.82) is 0 Å². The second kappa shape index (κ2) is 9.07. The highest BCUT2D eigenvalue weighted by atomic mass is 32.1. The molecule has 148 valence electrons. The molecule has 0 aliphatic rings. The van der Waals surface area contributed by atoms with E-state index in [-0.39, 0.29) is 10.8 Å². The monoisotopic (exact) mass is 410 g/mol. The molecule has 9 heteroatoms. The van der Waals surface area contributed by atoms with Crippen molar-refractivity contribution in [3.63, 3.8) is 0 Å². The van der Waals surface area contributed by atoms with Crippen molar-refractivity contribution in [2.75, 3.05) is 12.4 Å². The van der Waals surface area contributed by atoms with Gasteiger partial charge in [-0.25, -0.2) is 9.78 Å². The fourth-order valence-corrected chi connectivity index (χ4v) is 3.37. The van der Waals surface area contributed by atoms with Crippen LogP contribution in [0.25, 0.3) is 0 Å². The van der Waals surface area contributed by atoms with Crippen molar-refractivity contribution < 1.29 is 19.1 Å². The Labute approximate surface area is 171 Å². The molecule has 0 saturated carbocycles. The molecule has 1 atom stereocenters. The van der Waals surface area contributed by atoms with Crippen LogP contribution in [-0.2, 0) is 9.53 Å². The maximum absolute atomic E-state index is 12.9. The van der Waals surface area contributed by atoms with Crippen molar-refractivity contribution in [1.82, 2.24) is 15.3 Å². The number of hydrogen-bond acceptors (Lipinski definition) is 7. The molecular weight excluding hydrogens is 392 g/mol. The number of nitrogens with one attached hydrogen (secondary N) is 2. The molecule has 1 aromatic carbocycles. The van der Waals surface area contributed by atoms with Gasteiger partial charge in [-0.2, -0.15) is 0 Å². The number of amides is 2. The molecule has 0 spiro atoms. The highest BCUT2D eigenvalue weighted by molar-refractivity contribution is 7.16. The number of ether oxygens (including phenoxy) is 1. The van der Waals surface area contributed by atoms with Crippen molar-refractivity contribution >= 4 is 34.3 Å². The molecular formula is C20H18N4O4S. The van der Waals surface area contributed by atoms with Crippen LogP contribution in [-0.4, -0.2) is 34.9 Å². The first-order chi connectivity index (χ1) is 14.0. The number of aryl methyl sites for hydroxylation is 1. The van der Waals surface area contributed by atoms with Gasteiger partial charge in [0.25, 0.3) is 11.8 Å². The van der Waals surface area contributed by atoms with Gasteiger partial charge in [0, 0.05) is 17.3 Å². The van der Waals surface area contributed by atoms with E-state index >= 15 is 0 Å².